The molecule has 6 nitrogen and oxygen atoms in total. The van der Waals surface area contributed by atoms with Crippen LogP contribution in [0.1, 0.15) is 131 Å². The molecule has 0 N–H and O–H groups in total. The maximum absolute atomic E-state index is 2.36. The van der Waals surface area contributed by atoms with Crippen molar-refractivity contribution in [2.75, 3.05) is 12.3 Å². The number of hydrogen-bond acceptors (Lipinski definition) is 0. The third-order valence-corrected chi connectivity index (χ3v) is 30.0. The molecule has 12 rings (SSSR count). The lowest BCUT2D eigenvalue weighted by molar-refractivity contribution is -0.703. The van der Waals surface area contributed by atoms with Crippen molar-refractivity contribution in [2.45, 2.75) is 171 Å². The molecule has 2 unspecified atom stereocenters. The first kappa shape index (κ1) is 77.7. The van der Waals surface area contributed by atoms with Crippen molar-refractivity contribution < 1.29 is 27.4 Å². The van der Waals surface area contributed by atoms with Crippen molar-refractivity contribution in [1.82, 2.24) is 0 Å². The standard InChI is InChI=1S/C52H50N2P2.C26H42N2.C18H26N2/c1-7-21-47(22-8-1)55(48-23-9-2-10-24-48,49-25-11-3-12-26-49)43-19-37-53-39-33-45(34-40-53)46-35-41-54(42-36-46)38-20-44-56(50-27-13-4-14-28-50,51-29-15-5-16-30-51)52-31-17-6-18-32-52;1-5-9-11-23(7-3)21-27-17-13-25(14-18-27)26-15-19-28(20-16-26)22-24(8-4)12-10-6-2;1-3-5-11-19-13-7-17(8-14-19)18-9-15-20(16-10-18)12-6-4-2/h1-18,21-36,39-42H,19-20,37-38,43-44H2;13-20,23-24H,5-12,21-22H2,1-4H3;7-10,13-16H,3-6,11-12H2,1-2H3/q+4;2*+2. The molecule has 6 heterocycles. The van der Waals surface area contributed by atoms with Crippen molar-refractivity contribution >= 4 is 46.4 Å². The molecule has 6 aromatic carbocycles. The Morgan fingerprint density at radius 3 is 0.606 bits per heavy atom. The number of rotatable bonds is 35. The van der Waals surface area contributed by atoms with Gasteiger partial charge in [0.25, 0.3) is 0 Å². The van der Waals surface area contributed by atoms with Crippen LogP contribution in [0.4, 0.5) is 0 Å². The Labute approximate surface area is 627 Å². The molecule has 6 aromatic heterocycles. The monoisotopic (exact) mass is 1420 g/mol. The van der Waals surface area contributed by atoms with Gasteiger partial charge in [0, 0.05) is 110 Å². The van der Waals surface area contributed by atoms with Crippen LogP contribution in [-0.4, -0.2) is 12.3 Å². The van der Waals surface area contributed by atoms with Crippen LogP contribution in [0.5, 0.6) is 0 Å². The summed E-state index contributed by atoms with van der Waals surface area (Å²) < 4.78 is 13.9. The maximum Gasteiger partial charge on any atom is 0.169 e. The molecule has 2 atom stereocenters. The molecule has 0 radical (unpaired) electrons. The van der Waals surface area contributed by atoms with Gasteiger partial charge >= 0.3 is 0 Å². The maximum atomic E-state index is 2.36. The summed E-state index contributed by atoms with van der Waals surface area (Å²) in [6.07, 6.45) is 46.6. The molecule has 0 spiro atoms. The average molecular weight is 1420 g/mol. The Kier molecular flexibility index (Phi) is 31.5. The molecule has 534 valence electrons. The van der Waals surface area contributed by atoms with E-state index in [9.17, 15) is 0 Å². The predicted molar refractivity (Wildman–Crippen MR) is 442 cm³/mol. The first-order valence-corrected chi connectivity index (χ1v) is 43.3. The van der Waals surface area contributed by atoms with Crippen molar-refractivity contribution in [3.8, 4) is 33.4 Å². The topological polar surface area (TPSA) is 23.3 Å². The Hall–Kier alpha value is -8.92. The Morgan fingerprint density at radius 2 is 0.413 bits per heavy atom. The molecule has 104 heavy (non-hydrogen) atoms. The molecule has 0 aliphatic heterocycles. The van der Waals surface area contributed by atoms with Crippen LogP contribution in [0.15, 0.2) is 329 Å². The molecule has 0 saturated heterocycles. The second-order valence-corrected chi connectivity index (χ2v) is 35.4. The SMILES string of the molecule is CCCCC(CC)C[n+]1ccc(-c2cc[n+](CC(CC)CCCC)cc2)cc1.CCCC[n+]1ccc(-c2cc[n+](CCCC)cc2)cc1.c1ccc([P+](CCC[n+]2ccc(-c3cc[n+](CCC[P+](c4ccccc4)(c4ccccc4)c4ccccc4)cc3)cc2)(c2ccccc2)c2ccccc2)cc1. The Morgan fingerprint density at radius 1 is 0.221 bits per heavy atom. The van der Waals surface area contributed by atoms with E-state index in [2.05, 4.69) is 398 Å². The summed E-state index contributed by atoms with van der Waals surface area (Å²) in [6, 6.07) is 94.3. The lowest BCUT2D eigenvalue weighted by Gasteiger charge is -2.27. The lowest BCUT2D eigenvalue weighted by atomic mass is 9.99. The van der Waals surface area contributed by atoms with Crippen molar-refractivity contribution in [2.24, 2.45) is 11.8 Å². The minimum Gasteiger partial charge on any atom is -0.205 e. The molecule has 0 aliphatic carbocycles. The number of nitrogens with zero attached hydrogens (tertiary/aromatic N) is 6. The average Bonchev–Trinajstić information content (AvgIpc) is 0.764. The summed E-state index contributed by atoms with van der Waals surface area (Å²) in [6.45, 7) is 20.1. The van der Waals surface area contributed by atoms with E-state index in [4.69, 9.17) is 0 Å². The normalized spacial score (nSPS) is 11.9. The van der Waals surface area contributed by atoms with Crippen LogP contribution in [0.25, 0.3) is 33.4 Å². The highest BCUT2D eigenvalue weighted by atomic mass is 31.2. The molecule has 8 heteroatoms. The van der Waals surface area contributed by atoms with Gasteiger partial charge in [-0.3, -0.25) is 0 Å². The van der Waals surface area contributed by atoms with Crippen LogP contribution in [0, 0.1) is 11.8 Å². The minimum absolute atomic E-state index is 0.797. The van der Waals surface area contributed by atoms with Gasteiger partial charge in [-0.1, -0.05) is 189 Å². The van der Waals surface area contributed by atoms with Crippen LogP contribution in [-0.2, 0) is 39.3 Å². The fourth-order valence-corrected chi connectivity index (χ4v) is 23.3. The molecule has 0 aliphatic rings. The highest BCUT2D eigenvalue weighted by molar-refractivity contribution is 7.96. The van der Waals surface area contributed by atoms with E-state index in [-0.39, 0.29) is 0 Å². The molecular weight excluding hydrogens is 1300 g/mol. The summed E-state index contributed by atoms with van der Waals surface area (Å²) in [4.78, 5) is 0. The van der Waals surface area contributed by atoms with Crippen LogP contribution < -0.4 is 59.2 Å². The summed E-state index contributed by atoms with van der Waals surface area (Å²) in [5.41, 5.74) is 7.69. The summed E-state index contributed by atoms with van der Waals surface area (Å²) >= 11 is 0. The number of benzene rings is 6. The van der Waals surface area contributed by atoms with Crippen molar-refractivity contribution in [1.29, 1.82) is 0 Å². The van der Waals surface area contributed by atoms with Gasteiger partial charge in [-0.2, -0.15) is 0 Å². The van der Waals surface area contributed by atoms with Crippen LogP contribution in [0.2, 0.25) is 0 Å². The van der Waals surface area contributed by atoms with E-state index in [1.807, 2.05) is 0 Å². The number of pyridine rings is 6. The number of aryl methyl sites for hydroxylation is 4. The second-order valence-electron chi connectivity index (χ2n) is 28.2. The minimum atomic E-state index is -1.83. The van der Waals surface area contributed by atoms with Gasteiger partial charge in [0.15, 0.2) is 101 Å². The van der Waals surface area contributed by atoms with Crippen LogP contribution >= 0.6 is 14.5 Å². The van der Waals surface area contributed by atoms with E-state index < -0.39 is 14.5 Å². The van der Waals surface area contributed by atoms with E-state index in [0.717, 1.165) is 76.3 Å². The number of hydrogen-bond donors (Lipinski definition) is 0. The van der Waals surface area contributed by atoms with Gasteiger partial charge in [0.2, 0.25) is 0 Å². The summed E-state index contributed by atoms with van der Waals surface area (Å²) in [5, 5.41) is 8.69. The third kappa shape index (κ3) is 22.1. The first-order valence-electron chi connectivity index (χ1n) is 39.3. The van der Waals surface area contributed by atoms with E-state index in [1.165, 1.54) is 142 Å². The second kappa shape index (κ2) is 42.1. The van der Waals surface area contributed by atoms with Crippen molar-refractivity contribution in [3.05, 3.63) is 329 Å². The lowest BCUT2D eigenvalue weighted by Crippen LogP contribution is -2.37. The van der Waals surface area contributed by atoms with Gasteiger partial charge in [-0.25, -0.2) is 27.4 Å². The van der Waals surface area contributed by atoms with E-state index >= 15 is 0 Å². The summed E-state index contributed by atoms with van der Waals surface area (Å²) in [7, 11) is -3.66. The zero-order valence-electron chi connectivity index (χ0n) is 63.5. The highest BCUT2D eigenvalue weighted by Crippen LogP contribution is 2.57. The quantitative estimate of drug-likeness (QED) is 0.0279. The first-order chi connectivity index (χ1) is 51.3. The van der Waals surface area contributed by atoms with Crippen molar-refractivity contribution in [3.63, 3.8) is 0 Å². The van der Waals surface area contributed by atoms with Crippen LogP contribution in [0.3, 0.4) is 0 Å². The summed E-state index contributed by atoms with van der Waals surface area (Å²) in [5.74, 6) is 1.59. The molecular formula is C96H118N6P2+8. The molecule has 12 aromatic rings. The smallest absolute Gasteiger partial charge is 0.169 e. The fraction of sp³-hybridized carbons (Fsp3) is 0.312. The van der Waals surface area contributed by atoms with Gasteiger partial charge in [-0.05, 0) is 132 Å². The number of unbranched alkanes of at least 4 members (excludes halogenated alkanes) is 4. The van der Waals surface area contributed by atoms with Gasteiger partial charge < -0.3 is 0 Å². The molecule has 0 bridgehead atoms. The Bertz CT molecular complexity index is 3800. The van der Waals surface area contributed by atoms with E-state index in [0.29, 0.717) is 0 Å². The zero-order valence-corrected chi connectivity index (χ0v) is 65.3. The fourth-order valence-electron chi connectivity index (χ4n) is 14.6. The number of aromatic nitrogens is 6. The molecule has 0 fully saturated rings. The molecule has 0 amide bonds. The largest absolute Gasteiger partial charge is 0.205 e. The highest BCUT2D eigenvalue weighted by Gasteiger charge is 2.46. The Balaban J connectivity index is 0.000000200. The zero-order chi connectivity index (χ0) is 72.3. The predicted octanol–water partition coefficient (Wildman–Crippen LogP) is 18.6. The van der Waals surface area contributed by atoms with Gasteiger partial charge in [0.1, 0.15) is 59.4 Å². The van der Waals surface area contributed by atoms with Gasteiger partial charge in [0.05, 0.1) is 12.3 Å². The van der Waals surface area contributed by atoms with Gasteiger partial charge in [-0.15, -0.1) is 0 Å². The third-order valence-electron chi connectivity index (χ3n) is 20.9. The van der Waals surface area contributed by atoms with E-state index in [1.54, 1.807) is 0 Å². The molecule has 0 saturated carbocycles.